The average molecular weight is 365 g/mol. The second-order valence-corrected chi connectivity index (χ2v) is 7.00. The minimum Gasteiger partial charge on any atom is -0.358 e. The van der Waals surface area contributed by atoms with Gasteiger partial charge in [0.1, 0.15) is 12.2 Å². The summed E-state index contributed by atoms with van der Waals surface area (Å²) in [5.74, 6) is -0.192. The number of amides is 1. The van der Waals surface area contributed by atoms with Crippen LogP contribution in [-0.2, 0) is 22.2 Å². The number of ether oxygens (including phenoxy) is 1. The summed E-state index contributed by atoms with van der Waals surface area (Å²) in [6.45, 7) is 5.19. The van der Waals surface area contributed by atoms with Crippen LogP contribution in [0.5, 0.6) is 0 Å². The van der Waals surface area contributed by atoms with Gasteiger partial charge in [0.05, 0.1) is 17.1 Å². The van der Waals surface area contributed by atoms with Crippen molar-refractivity contribution in [1.29, 1.82) is 0 Å². The minimum atomic E-state index is -0.435. The highest BCUT2D eigenvalue weighted by Crippen LogP contribution is 2.30. The van der Waals surface area contributed by atoms with Crippen molar-refractivity contribution in [3.63, 3.8) is 0 Å². The Bertz CT molecular complexity index is 993. The maximum Gasteiger partial charge on any atom is 0.250 e. The molecule has 0 atom stereocenters. The van der Waals surface area contributed by atoms with E-state index in [2.05, 4.69) is 20.7 Å². The van der Waals surface area contributed by atoms with Gasteiger partial charge in [-0.25, -0.2) is 4.98 Å². The molecular weight excluding hydrogens is 342 g/mol. The zero-order valence-corrected chi connectivity index (χ0v) is 15.7. The topological polar surface area (TPSA) is 81.1 Å². The quantitative estimate of drug-likeness (QED) is 0.723. The summed E-state index contributed by atoms with van der Waals surface area (Å²) in [4.78, 5) is 17.1. The summed E-state index contributed by atoms with van der Waals surface area (Å²) in [6, 6.07) is 11.9. The number of hydrogen-bond acceptors (Lipinski definition) is 5. The van der Waals surface area contributed by atoms with Gasteiger partial charge in [-0.05, 0) is 25.5 Å². The smallest absolute Gasteiger partial charge is 0.250 e. The lowest BCUT2D eigenvalue weighted by molar-refractivity contribution is -0.134. The molecule has 0 saturated carbocycles. The molecule has 0 radical (unpaired) electrons. The third-order valence-electron chi connectivity index (χ3n) is 5.06. The van der Waals surface area contributed by atoms with Crippen molar-refractivity contribution < 1.29 is 9.53 Å². The number of carbonyl (C=O) groups excluding carboxylic acids is 1. The molecule has 1 aliphatic rings. The van der Waals surface area contributed by atoms with Gasteiger partial charge in [-0.1, -0.05) is 30.3 Å². The van der Waals surface area contributed by atoms with Crippen molar-refractivity contribution in [2.45, 2.75) is 19.4 Å². The molecule has 0 aliphatic carbocycles. The van der Waals surface area contributed by atoms with Gasteiger partial charge in [0.2, 0.25) is 5.91 Å². The molecule has 3 aromatic rings. The first-order valence-electron chi connectivity index (χ1n) is 8.99. The Hall–Kier alpha value is -2.77. The first-order valence-corrected chi connectivity index (χ1v) is 8.99. The summed E-state index contributed by atoms with van der Waals surface area (Å²) in [5, 5.41) is 11.5. The van der Waals surface area contributed by atoms with Crippen LogP contribution in [0.4, 0.5) is 5.69 Å². The van der Waals surface area contributed by atoms with Crippen molar-refractivity contribution in [3.05, 3.63) is 53.3 Å². The fourth-order valence-corrected chi connectivity index (χ4v) is 3.43. The fourth-order valence-electron chi connectivity index (χ4n) is 3.43. The van der Waals surface area contributed by atoms with E-state index in [4.69, 9.17) is 4.74 Å². The number of aromatic nitrogens is 3. The van der Waals surface area contributed by atoms with E-state index < -0.39 is 5.60 Å². The van der Waals surface area contributed by atoms with Gasteiger partial charge in [-0.2, -0.15) is 5.10 Å². The molecule has 1 amide bonds. The van der Waals surface area contributed by atoms with Gasteiger partial charge in [0.25, 0.3) is 0 Å². The number of pyridine rings is 1. The fraction of sp³-hybridized carbons (Fsp3) is 0.350. The van der Waals surface area contributed by atoms with Crippen LogP contribution >= 0.6 is 0 Å². The van der Waals surface area contributed by atoms with Crippen molar-refractivity contribution >= 4 is 22.6 Å². The minimum absolute atomic E-state index is 0.0138. The van der Waals surface area contributed by atoms with Gasteiger partial charge < -0.3 is 15.4 Å². The molecular formula is C20H23N5O2. The van der Waals surface area contributed by atoms with Crippen LogP contribution in [0.3, 0.4) is 0 Å². The zero-order chi connectivity index (χ0) is 19.0. The lowest BCUT2D eigenvalue weighted by atomic mass is 9.88. The molecule has 1 fully saturated rings. The third kappa shape index (κ3) is 3.20. The standard InChI is InChI=1S/C20H23N5O2/c1-13-16-9-17(14(2)22-19(16)25(3)24-13)23-18(26)10-27-20(11-21-12-20)15-7-5-4-6-8-15/h4-9,21H,10-12H2,1-3H3,(H,23,26). The van der Waals surface area contributed by atoms with E-state index in [1.54, 1.807) is 4.68 Å². The molecule has 2 aromatic heterocycles. The highest BCUT2D eigenvalue weighted by Gasteiger charge is 2.40. The van der Waals surface area contributed by atoms with Crippen LogP contribution in [0.15, 0.2) is 36.4 Å². The number of nitrogens with one attached hydrogen (secondary N) is 2. The molecule has 0 unspecified atom stereocenters. The van der Waals surface area contributed by atoms with Crippen LogP contribution in [0.2, 0.25) is 0 Å². The molecule has 0 spiro atoms. The summed E-state index contributed by atoms with van der Waals surface area (Å²) in [6.07, 6.45) is 0. The highest BCUT2D eigenvalue weighted by molar-refractivity contribution is 5.94. The Labute approximate surface area is 157 Å². The summed E-state index contributed by atoms with van der Waals surface area (Å²) < 4.78 is 7.78. The van der Waals surface area contributed by atoms with E-state index in [9.17, 15) is 4.79 Å². The Morgan fingerprint density at radius 2 is 2.00 bits per heavy atom. The van der Waals surface area contributed by atoms with E-state index in [0.717, 1.165) is 28.0 Å². The van der Waals surface area contributed by atoms with Gasteiger partial charge in [0, 0.05) is 25.5 Å². The van der Waals surface area contributed by atoms with Crippen LogP contribution in [0.1, 0.15) is 17.0 Å². The molecule has 7 nitrogen and oxygen atoms in total. The molecule has 0 bridgehead atoms. The van der Waals surface area contributed by atoms with Crippen molar-refractivity contribution in [2.75, 3.05) is 25.0 Å². The number of nitrogens with zero attached hydrogens (tertiary/aromatic N) is 3. The van der Waals surface area contributed by atoms with Crippen molar-refractivity contribution in [2.24, 2.45) is 7.05 Å². The number of carbonyl (C=O) groups is 1. The van der Waals surface area contributed by atoms with E-state index in [-0.39, 0.29) is 12.5 Å². The van der Waals surface area contributed by atoms with Gasteiger partial charge in [-0.3, -0.25) is 9.48 Å². The Morgan fingerprint density at radius 3 is 2.67 bits per heavy atom. The van der Waals surface area contributed by atoms with Gasteiger partial charge >= 0.3 is 0 Å². The number of aryl methyl sites for hydroxylation is 3. The number of anilines is 1. The van der Waals surface area contributed by atoms with E-state index in [1.807, 2.05) is 57.3 Å². The van der Waals surface area contributed by atoms with Crippen LogP contribution in [-0.4, -0.2) is 40.4 Å². The Balaban J connectivity index is 1.48. The van der Waals surface area contributed by atoms with Crippen molar-refractivity contribution in [1.82, 2.24) is 20.1 Å². The van der Waals surface area contributed by atoms with Gasteiger partial charge in [0.15, 0.2) is 5.65 Å². The van der Waals surface area contributed by atoms with Gasteiger partial charge in [-0.15, -0.1) is 0 Å². The summed E-state index contributed by atoms with van der Waals surface area (Å²) in [7, 11) is 1.86. The van der Waals surface area contributed by atoms with Crippen LogP contribution < -0.4 is 10.6 Å². The third-order valence-corrected chi connectivity index (χ3v) is 5.06. The maximum atomic E-state index is 12.5. The monoisotopic (exact) mass is 365 g/mol. The highest BCUT2D eigenvalue weighted by atomic mass is 16.5. The predicted octanol–water partition coefficient (Wildman–Crippen LogP) is 2.04. The first kappa shape index (κ1) is 17.6. The summed E-state index contributed by atoms with van der Waals surface area (Å²) in [5.41, 5.74) is 3.78. The predicted molar refractivity (Wildman–Crippen MR) is 104 cm³/mol. The molecule has 1 aromatic carbocycles. The number of rotatable bonds is 5. The Kier molecular flexibility index (Phi) is 4.41. The number of fused-ring (bicyclic) bond motifs is 1. The number of hydrogen-bond donors (Lipinski definition) is 2. The SMILES string of the molecule is Cc1nc2c(cc1NC(=O)COC1(c3ccccc3)CNC1)c(C)nn2C. The molecule has 7 heteroatoms. The summed E-state index contributed by atoms with van der Waals surface area (Å²) >= 11 is 0. The second kappa shape index (κ2) is 6.75. The second-order valence-electron chi connectivity index (χ2n) is 7.00. The lowest BCUT2D eigenvalue weighted by Crippen LogP contribution is -2.59. The molecule has 4 rings (SSSR count). The normalized spacial score (nSPS) is 15.5. The van der Waals surface area contributed by atoms with E-state index >= 15 is 0 Å². The lowest BCUT2D eigenvalue weighted by Gasteiger charge is -2.42. The molecule has 3 heterocycles. The molecule has 140 valence electrons. The Morgan fingerprint density at radius 1 is 1.26 bits per heavy atom. The molecule has 1 aliphatic heterocycles. The van der Waals surface area contributed by atoms with Crippen LogP contribution in [0, 0.1) is 13.8 Å². The van der Waals surface area contributed by atoms with E-state index in [1.165, 1.54) is 0 Å². The van der Waals surface area contributed by atoms with E-state index in [0.29, 0.717) is 18.8 Å². The van der Waals surface area contributed by atoms with Crippen LogP contribution in [0.25, 0.3) is 11.0 Å². The molecule has 27 heavy (non-hydrogen) atoms. The average Bonchev–Trinajstić information content (AvgIpc) is 2.89. The molecule has 1 saturated heterocycles. The molecule has 2 N–H and O–H groups in total. The maximum absolute atomic E-state index is 12.5. The first-order chi connectivity index (χ1) is 13.0. The van der Waals surface area contributed by atoms with Crippen molar-refractivity contribution in [3.8, 4) is 0 Å². The largest absolute Gasteiger partial charge is 0.358 e. The zero-order valence-electron chi connectivity index (χ0n) is 15.7. The number of benzene rings is 1.